The van der Waals surface area contributed by atoms with Crippen molar-refractivity contribution in [3.63, 3.8) is 0 Å². The van der Waals surface area contributed by atoms with Crippen LogP contribution in [0, 0.1) is 0 Å². The predicted molar refractivity (Wildman–Crippen MR) is 143 cm³/mol. The Morgan fingerprint density at radius 2 is 1.35 bits per heavy atom. The van der Waals surface area contributed by atoms with E-state index in [4.69, 9.17) is 81.8 Å². The zero-order valence-corrected chi connectivity index (χ0v) is 22.4. The Kier molecular flexibility index (Phi) is 11.8. The molecule has 0 aliphatic rings. The molecule has 0 aliphatic carbocycles. The predicted octanol–water partition coefficient (Wildman–Crippen LogP) is 8.43. The minimum absolute atomic E-state index is 0.435. The quantitative estimate of drug-likeness (QED) is 0.230. The summed E-state index contributed by atoms with van der Waals surface area (Å²) in [5.74, 6) is 0.750. The maximum atomic E-state index is 6.12. The highest BCUT2D eigenvalue weighted by Crippen LogP contribution is 2.45. The van der Waals surface area contributed by atoms with Crippen LogP contribution in [0.2, 0.25) is 30.1 Å². The lowest BCUT2D eigenvalue weighted by atomic mass is 10.3. The third-order valence-corrected chi connectivity index (χ3v) is 7.27. The van der Waals surface area contributed by atoms with E-state index in [1.165, 1.54) is 11.8 Å². The molecule has 1 aromatic heterocycles. The zero-order valence-electron chi connectivity index (χ0n) is 15.4. The standard InChI is InChI=1S/C12H4Cl6S.C7H9N3S2/c13-5-1-7(15)11(8(16)2-5)19-12-9(17)3-6(14)4-10(12)18;11-4-3-10-7(12)6-5-8-1-2-9-6/h1-4H;1-2,5,11H,3-4H2,(H,10,12). The SMILES string of the molecule is Clc1cc(Cl)c(Sc2c(Cl)cc(Cl)cc2Cl)c(Cl)c1.S=C(NCCS)c1cnccn1. The fourth-order valence-electron chi connectivity index (χ4n) is 2.03. The lowest BCUT2D eigenvalue weighted by molar-refractivity contribution is 0.986. The molecule has 0 saturated heterocycles. The summed E-state index contributed by atoms with van der Waals surface area (Å²) in [5, 5.41) is 5.67. The van der Waals surface area contributed by atoms with E-state index < -0.39 is 0 Å². The topological polar surface area (TPSA) is 37.8 Å². The Morgan fingerprint density at radius 1 is 0.871 bits per heavy atom. The van der Waals surface area contributed by atoms with Crippen molar-refractivity contribution in [1.29, 1.82) is 0 Å². The van der Waals surface area contributed by atoms with Crippen LogP contribution in [0.5, 0.6) is 0 Å². The van der Waals surface area contributed by atoms with Crippen molar-refractivity contribution in [2.24, 2.45) is 0 Å². The first-order valence-electron chi connectivity index (χ1n) is 8.35. The van der Waals surface area contributed by atoms with Gasteiger partial charge in [-0.25, -0.2) is 0 Å². The molecule has 164 valence electrons. The molecule has 0 bridgehead atoms. The van der Waals surface area contributed by atoms with Gasteiger partial charge in [-0.05, 0) is 24.3 Å². The summed E-state index contributed by atoms with van der Waals surface area (Å²) in [7, 11) is 0. The monoisotopic (exact) mass is 589 g/mol. The van der Waals surface area contributed by atoms with Gasteiger partial charge in [0.1, 0.15) is 10.7 Å². The molecule has 12 heteroatoms. The molecule has 3 aromatic rings. The Labute approximate surface area is 225 Å². The number of halogens is 6. The third-order valence-electron chi connectivity index (χ3n) is 3.32. The first-order chi connectivity index (χ1) is 14.7. The summed E-state index contributed by atoms with van der Waals surface area (Å²) in [6.07, 6.45) is 4.86. The Bertz CT molecular complexity index is 952. The van der Waals surface area contributed by atoms with Gasteiger partial charge in [-0.3, -0.25) is 9.97 Å². The van der Waals surface area contributed by atoms with Crippen LogP contribution in [0.4, 0.5) is 0 Å². The first kappa shape index (κ1) is 27.1. The van der Waals surface area contributed by atoms with E-state index in [0.717, 1.165) is 12.3 Å². The van der Waals surface area contributed by atoms with Crippen molar-refractivity contribution in [1.82, 2.24) is 15.3 Å². The van der Waals surface area contributed by atoms with Gasteiger partial charge in [-0.15, -0.1) is 0 Å². The normalized spacial score (nSPS) is 10.3. The van der Waals surface area contributed by atoms with Crippen LogP contribution in [-0.4, -0.2) is 27.3 Å². The molecule has 0 unspecified atom stereocenters. The largest absolute Gasteiger partial charge is 0.374 e. The average molecular weight is 592 g/mol. The zero-order chi connectivity index (χ0) is 23.0. The molecular formula is C19H13Cl6N3S3. The molecule has 1 N–H and O–H groups in total. The van der Waals surface area contributed by atoms with Crippen molar-refractivity contribution in [3.05, 3.63) is 78.7 Å². The molecule has 1 heterocycles. The number of thiol groups is 1. The van der Waals surface area contributed by atoms with Crippen LogP contribution in [0.3, 0.4) is 0 Å². The van der Waals surface area contributed by atoms with Crippen LogP contribution in [-0.2, 0) is 0 Å². The maximum Gasteiger partial charge on any atom is 0.126 e. The van der Waals surface area contributed by atoms with E-state index in [1.54, 1.807) is 42.9 Å². The number of hydrogen-bond acceptors (Lipinski definition) is 5. The molecule has 0 radical (unpaired) electrons. The third kappa shape index (κ3) is 8.61. The van der Waals surface area contributed by atoms with E-state index in [9.17, 15) is 0 Å². The highest BCUT2D eigenvalue weighted by atomic mass is 35.5. The Morgan fingerprint density at radius 3 is 1.74 bits per heavy atom. The second kappa shape index (κ2) is 13.5. The van der Waals surface area contributed by atoms with E-state index in [0.29, 0.717) is 50.6 Å². The smallest absolute Gasteiger partial charge is 0.126 e. The summed E-state index contributed by atoms with van der Waals surface area (Å²) in [6.45, 7) is 0.749. The lowest BCUT2D eigenvalue weighted by Gasteiger charge is -2.10. The Balaban J connectivity index is 0.000000245. The molecular weight excluding hydrogens is 579 g/mol. The van der Waals surface area contributed by atoms with Gasteiger partial charge in [0.15, 0.2) is 0 Å². The number of thiocarbonyl (C=S) groups is 1. The first-order valence-corrected chi connectivity index (χ1v) is 12.5. The van der Waals surface area contributed by atoms with Gasteiger partial charge in [0.05, 0.1) is 26.3 Å². The summed E-state index contributed by atoms with van der Waals surface area (Å²) in [4.78, 5) is 9.84. The number of benzene rings is 2. The van der Waals surface area contributed by atoms with Gasteiger partial charge in [-0.2, -0.15) is 12.6 Å². The van der Waals surface area contributed by atoms with Crippen LogP contribution in [0.25, 0.3) is 0 Å². The molecule has 3 rings (SSSR count). The van der Waals surface area contributed by atoms with E-state index in [2.05, 4.69) is 27.9 Å². The molecule has 0 amide bonds. The fraction of sp³-hybridized carbons (Fsp3) is 0.105. The number of hydrogen-bond donors (Lipinski definition) is 2. The van der Waals surface area contributed by atoms with Gasteiger partial charge in [0.25, 0.3) is 0 Å². The van der Waals surface area contributed by atoms with E-state index in [1.807, 2.05) is 0 Å². The highest BCUT2D eigenvalue weighted by molar-refractivity contribution is 7.99. The van der Waals surface area contributed by atoms with Gasteiger partial charge < -0.3 is 5.32 Å². The summed E-state index contributed by atoms with van der Waals surface area (Å²) < 4.78 is 0. The van der Waals surface area contributed by atoms with E-state index in [-0.39, 0.29) is 0 Å². The van der Waals surface area contributed by atoms with Crippen LogP contribution < -0.4 is 5.32 Å². The van der Waals surface area contributed by atoms with Crippen molar-refractivity contribution < 1.29 is 0 Å². The highest BCUT2D eigenvalue weighted by Gasteiger charge is 2.15. The summed E-state index contributed by atoms with van der Waals surface area (Å²) in [5.41, 5.74) is 0.703. The molecule has 0 saturated carbocycles. The van der Waals surface area contributed by atoms with Crippen molar-refractivity contribution in [2.75, 3.05) is 12.3 Å². The molecule has 3 nitrogen and oxygen atoms in total. The fourth-order valence-corrected chi connectivity index (χ4v) is 5.28. The summed E-state index contributed by atoms with van der Waals surface area (Å²) in [6, 6.07) is 6.42. The second-order valence-corrected chi connectivity index (χ2v) is 9.95. The number of nitrogens with zero attached hydrogens (tertiary/aromatic N) is 2. The average Bonchev–Trinajstić information content (AvgIpc) is 2.71. The maximum absolute atomic E-state index is 6.12. The van der Waals surface area contributed by atoms with Gasteiger partial charge >= 0.3 is 0 Å². The molecule has 0 atom stereocenters. The number of nitrogens with one attached hydrogen (secondary N) is 1. The van der Waals surface area contributed by atoms with Crippen LogP contribution >= 0.6 is 106 Å². The molecule has 0 spiro atoms. The van der Waals surface area contributed by atoms with Crippen molar-refractivity contribution in [3.8, 4) is 0 Å². The van der Waals surface area contributed by atoms with Crippen molar-refractivity contribution in [2.45, 2.75) is 9.79 Å². The lowest BCUT2D eigenvalue weighted by Crippen LogP contribution is -2.25. The van der Waals surface area contributed by atoms with Crippen molar-refractivity contribution >= 4 is 111 Å². The molecule has 0 aliphatic heterocycles. The summed E-state index contributed by atoms with van der Waals surface area (Å²) >= 11 is 46.6. The number of aromatic nitrogens is 2. The minimum atomic E-state index is 0.435. The Hall–Kier alpha value is -0.150. The molecule has 0 fully saturated rings. The van der Waals surface area contributed by atoms with Crippen LogP contribution in [0.15, 0.2) is 52.6 Å². The molecule has 31 heavy (non-hydrogen) atoms. The second-order valence-electron chi connectivity index (χ2n) is 5.57. The minimum Gasteiger partial charge on any atom is -0.374 e. The van der Waals surface area contributed by atoms with Gasteiger partial charge in [0, 0.05) is 44.5 Å². The number of rotatable bonds is 5. The van der Waals surface area contributed by atoms with Crippen LogP contribution in [0.1, 0.15) is 5.69 Å². The van der Waals surface area contributed by atoms with E-state index >= 15 is 0 Å². The molecule has 2 aromatic carbocycles. The van der Waals surface area contributed by atoms with Gasteiger partial charge in [0.2, 0.25) is 0 Å². The van der Waals surface area contributed by atoms with Gasteiger partial charge in [-0.1, -0.05) is 93.6 Å².